The monoisotopic (exact) mass is 364 g/mol. The van der Waals surface area contributed by atoms with Crippen molar-refractivity contribution in [1.82, 2.24) is 0 Å². The standard InChI is InChI=1S/C17H17BrO2S/c1-13-7-9-15(10-8-13)21(20)12-17(19)16(18)11-14-5-3-2-4-6-14/h2-10,16H,11-12H2,1H3. The summed E-state index contributed by atoms with van der Waals surface area (Å²) in [6, 6.07) is 17.3. The number of carbonyl (C=O) groups excluding carboxylic acids is 1. The molecule has 2 atom stereocenters. The summed E-state index contributed by atoms with van der Waals surface area (Å²) in [6.45, 7) is 1.98. The highest BCUT2D eigenvalue weighted by Crippen LogP contribution is 2.14. The van der Waals surface area contributed by atoms with Crippen LogP contribution in [0.5, 0.6) is 0 Å². The Morgan fingerprint density at radius 3 is 2.33 bits per heavy atom. The molecular formula is C17H17BrO2S. The van der Waals surface area contributed by atoms with Crippen molar-refractivity contribution in [2.45, 2.75) is 23.1 Å². The number of Topliss-reactive ketones (excluding diaryl/α,β-unsaturated/α-hetero) is 1. The molecule has 0 aliphatic heterocycles. The highest BCUT2D eigenvalue weighted by Gasteiger charge is 2.18. The zero-order valence-corrected chi connectivity index (χ0v) is 14.2. The van der Waals surface area contributed by atoms with Crippen molar-refractivity contribution in [3.8, 4) is 0 Å². The van der Waals surface area contributed by atoms with E-state index in [2.05, 4.69) is 15.9 Å². The van der Waals surface area contributed by atoms with Crippen LogP contribution in [0.1, 0.15) is 11.1 Å². The second kappa shape index (κ2) is 7.66. The third-order valence-corrected chi connectivity index (χ3v) is 5.34. The van der Waals surface area contributed by atoms with E-state index in [4.69, 9.17) is 0 Å². The van der Waals surface area contributed by atoms with Crippen molar-refractivity contribution in [3.05, 3.63) is 65.7 Å². The quantitative estimate of drug-likeness (QED) is 0.732. The van der Waals surface area contributed by atoms with Crippen molar-refractivity contribution in [2.75, 3.05) is 5.75 Å². The van der Waals surface area contributed by atoms with Gasteiger partial charge in [-0.15, -0.1) is 0 Å². The van der Waals surface area contributed by atoms with Crippen LogP contribution in [-0.2, 0) is 22.0 Å². The molecule has 2 rings (SSSR count). The number of ketones is 1. The highest BCUT2D eigenvalue weighted by molar-refractivity contribution is 9.10. The van der Waals surface area contributed by atoms with Gasteiger partial charge in [-0.2, -0.15) is 0 Å². The second-order valence-corrected chi connectivity index (χ2v) is 7.48. The molecule has 21 heavy (non-hydrogen) atoms. The molecule has 0 saturated heterocycles. The van der Waals surface area contributed by atoms with Crippen LogP contribution in [0.2, 0.25) is 0 Å². The third-order valence-electron chi connectivity index (χ3n) is 3.16. The zero-order valence-electron chi connectivity index (χ0n) is 11.8. The second-order valence-electron chi connectivity index (χ2n) is 4.93. The molecule has 0 aliphatic carbocycles. The minimum atomic E-state index is -1.28. The molecule has 0 spiro atoms. The van der Waals surface area contributed by atoms with Gasteiger partial charge in [-0.25, -0.2) is 0 Å². The van der Waals surface area contributed by atoms with Crippen molar-refractivity contribution in [3.63, 3.8) is 0 Å². The van der Waals surface area contributed by atoms with Crippen LogP contribution in [0.25, 0.3) is 0 Å². The summed E-state index contributed by atoms with van der Waals surface area (Å²) >= 11 is 3.41. The molecule has 0 aliphatic rings. The maximum Gasteiger partial charge on any atom is 0.159 e. The molecular weight excluding hydrogens is 348 g/mol. The maximum atomic E-state index is 12.2. The number of rotatable bonds is 6. The Kier molecular flexibility index (Phi) is 5.88. The number of alkyl halides is 1. The first-order chi connectivity index (χ1) is 10.1. The van der Waals surface area contributed by atoms with E-state index in [-0.39, 0.29) is 16.4 Å². The lowest BCUT2D eigenvalue weighted by Crippen LogP contribution is -2.23. The molecule has 0 bridgehead atoms. The van der Waals surface area contributed by atoms with E-state index in [1.807, 2.05) is 61.5 Å². The van der Waals surface area contributed by atoms with Crippen LogP contribution in [-0.4, -0.2) is 20.6 Å². The molecule has 0 fully saturated rings. The van der Waals surface area contributed by atoms with Crippen molar-refractivity contribution in [1.29, 1.82) is 0 Å². The van der Waals surface area contributed by atoms with E-state index in [9.17, 15) is 9.00 Å². The average molecular weight is 365 g/mol. The Morgan fingerprint density at radius 1 is 1.10 bits per heavy atom. The summed E-state index contributed by atoms with van der Waals surface area (Å²) in [5.41, 5.74) is 2.21. The molecule has 0 saturated carbocycles. The lowest BCUT2D eigenvalue weighted by atomic mass is 10.1. The molecule has 0 heterocycles. The average Bonchev–Trinajstić information content (AvgIpc) is 2.48. The smallest absolute Gasteiger partial charge is 0.159 e. The molecule has 2 aromatic carbocycles. The molecule has 110 valence electrons. The molecule has 2 nitrogen and oxygen atoms in total. The fraction of sp³-hybridized carbons (Fsp3) is 0.235. The van der Waals surface area contributed by atoms with Crippen molar-refractivity contribution >= 4 is 32.5 Å². The molecule has 0 aromatic heterocycles. The molecule has 0 N–H and O–H groups in total. The minimum absolute atomic E-state index is 0.0299. The summed E-state index contributed by atoms with van der Waals surface area (Å²) in [5, 5.41) is 0. The van der Waals surface area contributed by atoms with E-state index in [0.717, 1.165) is 11.1 Å². The Bertz CT molecular complexity index is 623. The molecule has 0 amide bonds. The topological polar surface area (TPSA) is 34.1 Å². The number of hydrogen-bond acceptors (Lipinski definition) is 2. The van der Waals surface area contributed by atoms with Crippen LogP contribution in [0.3, 0.4) is 0 Å². The van der Waals surface area contributed by atoms with Gasteiger partial charge in [-0.3, -0.25) is 9.00 Å². The first-order valence-electron chi connectivity index (χ1n) is 6.72. The predicted molar refractivity (Wildman–Crippen MR) is 90.3 cm³/mol. The minimum Gasteiger partial charge on any atom is -0.297 e. The van der Waals surface area contributed by atoms with Gasteiger partial charge >= 0.3 is 0 Å². The molecule has 4 heteroatoms. The summed E-state index contributed by atoms with van der Waals surface area (Å²) < 4.78 is 12.2. The first kappa shape index (κ1) is 16.1. The summed E-state index contributed by atoms with van der Waals surface area (Å²) in [5.74, 6) is 0.0176. The molecule has 0 radical (unpaired) electrons. The van der Waals surface area contributed by atoms with Gasteiger partial charge in [0.1, 0.15) is 0 Å². The fourth-order valence-electron chi connectivity index (χ4n) is 1.93. The van der Waals surface area contributed by atoms with E-state index in [1.165, 1.54) is 0 Å². The summed E-state index contributed by atoms with van der Waals surface area (Å²) in [7, 11) is -1.28. The number of halogens is 1. The van der Waals surface area contributed by atoms with Gasteiger partial charge in [0.2, 0.25) is 0 Å². The highest BCUT2D eigenvalue weighted by atomic mass is 79.9. The van der Waals surface area contributed by atoms with Crippen LogP contribution in [0, 0.1) is 6.92 Å². The van der Waals surface area contributed by atoms with Crippen molar-refractivity contribution in [2.24, 2.45) is 0 Å². The van der Waals surface area contributed by atoms with Crippen LogP contribution < -0.4 is 0 Å². The third kappa shape index (κ3) is 4.90. The first-order valence-corrected chi connectivity index (χ1v) is 8.95. The Hall–Kier alpha value is -1.26. The van der Waals surface area contributed by atoms with E-state index in [0.29, 0.717) is 11.3 Å². The van der Waals surface area contributed by atoms with E-state index < -0.39 is 10.8 Å². The number of hydrogen-bond donors (Lipinski definition) is 0. The molecule has 2 aromatic rings. The van der Waals surface area contributed by atoms with Crippen LogP contribution in [0.4, 0.5) is 0 Å². The predicted octanol–water partition coefficient (Wildman–Crippen LogP) is 3.68. The SMILES string of the molecule is Cc1ccc(S(=O)CC(=O)C(Br)Cc2ccccc2)cc1. The Balaban J connectivity index is 1.94. The van der Waals surface area contributed by atoms with E-state index >= 15 is 0 Å². The number of aryl methyl sites for hydroxylation is 1. The lowest BCUT2D eigenvalue weighted by Gasteiger charge is -2.09. The van der Waals surface area contributed by atoms with Crippen LogP contribution >= 0.6 is 15.9 Å². The Morgan fingerprint density at radius 2 is 1.71 bits per heavy atom. The van der Waals surface area contributed by atoms with Gasteiger partial charge in [0.05, 0.1) is 21.4 Å². The summed E-state index contributed by atoms with van der Waals surface area (Å²) in [6.07, 6.45) is 0.616. The van der Waals surface area contributed by atoms with Gasteiger partial charge in [-0.1, -0.05) is 64.0 Å². The maximum absolute atomic E-state index is 12.2. The van der Waals surface area contributed by atoms with Gasteiger partial charge in [-0.05, 0) is 31.0 Å². The van der Waals surface area contributed by atoms with Crippen LogP contribution in [0.15, 0.2) is 59.5 Å². The summed E-state index contributed by atoms with van der Waals surface area (Å²) in [4.78, 5) is 12.6. The van der Waals surface area contributed by atoms with Gasteiger partial charge in [0, 0.05) is 4.90 Å². The lowest BCUT2D eigenvalue weighted by molar-refractivity contribution is -0.116. The largest absolute Gasteiger partial charge is 0.297 e. The zero-order chi connectivity index (χ0) is 15.2. The van der Waals surface area contributed by atoms with Crippen molar-refractivity contribution < 1.29 is 9.00 Å². The van der Waals surface area contributed by atoms with Gasteiger partial charge in [0.15, 0.2) is 5.78 Å². The number of benzene rings is 2. The Labute approximate surface area is 136 Å². The fourth-order valence-corrected chi connectivity index (χ4v) is 3.74. The van der Waals surface area contributed by atoms with E-state index in [1.54, 1.807) is 0 Å². The molecule has 2 unspecified atom stereocenters. The van der Waals surface area contributed by atoms with Gasteiger partial charge in [0.25, 0.3) is 0 Å². The normalized spacial score (nSPS) is 13.6. The number of carbonyl (C=O) groups is 1. The van der Waals surface area contributed by atoms with Gasteiger partial charge < -0.3 is 0 Å².